The van der Waals surface area contributed by atoms with Crippen LogP contribution in [0.15, 0.2) is 18.2 Å². The van der Waals surface area contributed by atoms with Gasteiger partial charge in [0.15, 0.2) is 17.7 Å². The first-order chi connectivity index (χ1) is 8.58. The van der Waals surface area contributed by atoms with Crippen LogP contribution >= 0.6 is 0 Å². The molecule has 1 atom stereocenters. The Balaban J connectivity index is 2.75. The number of carbonyl (C=O) groups is 1. The molecule has 0 N–H and O–H groups in total. The van der Waals surface area contributed by atoms with E-state index in [-0.39, 0.29) is 5.75 Å². The maximum atomic E-state index is 13.0. The summed E-state index contributed by atoms with van der Waals surface area (Å²) >= 11 is 0. The molecule has 0 aliphatic rings. The van der Waals surface area contributed by atoms with Gasteiger partial charge < -0.3 is 9.47 Å². The summed E-state index contributed by atoms with van der Waals surface area (Å²) in [5.41, 5.74) is 0. The van der Waals surface area contributed by atoms with Gasteiger partial charge in [-0.3, -0.25) is 0 Å². The summed E-state index contributed by atoms with van der Waals surface area (Å²) in [6.45, 7) is 1.98. The number of unbranched alkanes of at least 4 members (excludes halogenated alkanes) is 1. The number of esters is 1. The molecule has 0 bridgehead atoms. The average molecular weight is 258 g/mol. The van der Waals surface area contributed by atoms with Crippen LogP contribution in [0.4, 0.5) is 8.78 Å². The van der Waals surface area contributed by atoms with Gasteiger partial charge in [-0.2, -0.15) is 0 Å². The molecule has 0 heterocycles. The topological polar surface area (TPSA) is 35.5 Å². The SMILES string of the molecule is CCCCC(Oc1ccc(F)c(F)c1)C(=O)OC. The number of ether oxygens (including phenoxy) is 2. The fourth-order valence-electron chi connectivity index (χ4n) is 1.46. The van der Waals surface area contributed by atoms with Crippen LogP contribution in [-0.2, 0) is 9.53 Å². The van der Waals surface area contributed by atoms with Crippen LogP contribution in [0.5, 0.6) is 5.75 Å². The lowest BCUT2D eigenvalue weighted by molar-refractivity contribution is -0.149. The molecule has 0 saturated carbocycles. The number of hydrogen-bond acceptors (Lipinski definition) is 3. The molecule has 0 fully saturated rings. The van der Waals surface area contributed by atoms with E-state index in [1.165, 1.54) is 13.2 Å². The highest BCUT2D eigenvalue weighted by molar-refractivity contribution is 5.74. The molecule has 18 heavy (non-hydrogen) atoms. The summed E-state index contributed by atoms with van der Waals surface area (Å²) in [6, 6.07) is 3.15. The van der Waals surface area contributed by atoms with Gasteiger partial charge in [0.05, 0.1) is 7.11 Å². The fourth-order valence-corrected chi connectivity index (χ4v) is 1.46. The summed E-state index contributed by atoms with van der Waals surface area (Å²) in [4.78, 5) is 11.5. The van der Waals surface area contributed by atoms with E-state index in [9.17, 15) is 13.6 Å². The lowest BCUT2D eigenvalue weighted by Gasteiger charge is -2.16. The van der Waals surface area contributed by atoms with Crippen molar-refractivity contribution in [2.24, 2.45) is 0 Å². The van der Waals surface area contributed by atoms with Crippen molar-refractivity contribution < 1.29 is 23.0 Å². The Morgan fingerprint density at radius 2 is 2.06 bits per heavy atom. The minimum Gasteiger partial charge on any atom is -0.479 e. The first kappa shape index (κ1) is 14.4. The zero-order valence-corrected chi connectivity index (χ0v) is 10.4. The predicted octanol–water partition coefficient (Wildman–Crippen LogP) is 3.08. The molecule has 1 aromatic rings. The fraction of sp³-hybridized carbons (Fsp3) is 0.462. The van der Waals surface area contributed by atoms with Gasteiger partial charge in [-0.25, -0.2) is 13.6 Å². The molecule has 0 radical (unpaired) electrons. The van der Waals surface area contributed by atoms with Crippen molar-refractivity contribution in [3.05, 3.63) is 29.8 Å². The van der Waals surface area contributed by atoms with Gasteiger partial charge in [-0.1, -0.05) is 13.3 Å². The molecule has 1 rings (SSSR count). The van der Waals surface area contributed by atoms with Crippen LogP contribution < -0.4 is 4.74 Å². The molecule has 0 aliphatic carbocycles. The highest BCUT2D eigenvalue weighted by Gasteiger charge is 2.21. The van der Waals surface area contributed by atoms with Crippen LogP contribution in [-0.4, -0.2) is 19.2 Å². The van der Waals surface area contributed by atoms with Crippen LogP contribution in [0.3, 0.4) is 0 Å². The van der Waals surface area contributed by atoms with Gasteiger partial charge in [0.25, 0.3) is 0 Å². The monoisotopic (exact) mass is 258 g/mol. The normalized spacial score (nSPS) is 12.0. The van der Waals surface area contributed by atoms with Crippen molar-refractivity contribution in [1.82, 2.24) is 0 Å². The molecular weight excluding hydrogens is 242 g/mol. The third-order valence-corrected chi connectivity index (χ3v) is 2.45. The highest BCUT2D eigenvalue weighted by Crippen LogP contribution is 2.19. The van der Waals surface area contributed by atoms with Crippen molar-refractivity contribution in [3.63, 3.8) is 0 Å². The maximum Gasteiger partial charge on any atom is 0.347 e. The van der Waals surface area contributed by atoms with Crippen LogP contribution in [0.25, 0.3) is 0 Å². The van der Waals surface area contributed by atoms with Gasteiger partial charge in [0.1, 0.15) is 5.75 Å². The van der Waals surface area contributed by atoms with E-state index in [1.54, 1.807) is 0 Å². The van der Waals surface area contributed by atoms with Gasteiger partial charge in [-0.15, -0.1) is 0 Å². The molecule has 0 aromatic heterocycles. The molecule has 3 nitrogen and oxygen atoms in total. The summed E-state index contributed by atoms with van der Waals surface area (Å²) in [5, 5.41) is 0. The Morgan fingerprint density at radius 3 is 2.61 bits per heavy atom. The van der Waals surface area contributed by atoms with Gasteiger partial charge in [-0.05, 0) is 25.0 Å². The standard InChI is InChI=1S/C13H16F2O3/c1-3-4-5-12(13(16)17-2)18-9-6-7-10(14)11(15)8-9/h6-8,12H,3-5H2,1-2H3. The zero-order chi connectivity index (χ0) is 13.5. The lowest BCUT2D eigenvalue weighted by atomic mass is 10.1. The van der Waals surface area contributed by atoms with Crippen molar-refractivity contribution in [1.29, 1.82) is 0 Å². The third-order valence-electron chi connectivity index (χ3n) is 2.45. The van der Waals surface area contributed by atoms with Crippen LogP contribution in [0, 0.1) is 11.6 Å². The first-order valence-electron chi connectivity index (χ1n) is 5.78. The van der Waals surface area contributed by atoms with Crippen molar-refractivity contribution in [2.45, 2.75) is 32.3 Å². The molecule has 1 unspecified atom stereocenters. The number of carbonyl (C=O) groups excluding carboxylic acids is 1. The smallest absolute Gasteiger partial charge is 0.347 e. The maximum absolute atomic E-state index is 13.0. The molecule has 5 heteroatoms. The summed E-state index contributed by atoms with van der Waals surface area (Å²) in [6.07, 6.45) is 1.36. The molecule has 0 aliphatic heterocycles. The van der Waals surface area contributed by atoms with E-state index in [4.69, 9.17) is 4.74 Å². The lowest BCUT2D eigenvalue weighted by Crippen LogP contribution is -2.28. The number of methoxy groups -OCH3 is 1. The van der Waals surface area contributed by atoms with E-state index in [0.717, 1.165) is 25.0 Å². The Morgan fingerprint density at radius 1 is 1.33 bits per heavy atom. The van der Waals surface area contributed by atoms with Gasteiger partial charge in [0.2, 0.25) is 0 Å². The van der Waals surface area contributed by atoms with Crippen molar-refractivity contribution in [3.8, 4) is 5.75 Å². The Labute approximate surface area is 105 Å². The minimum atomic E-state index is -1.01. The molecule has 0 saturated heterocycles. The largest absolute Gasteiger partial charge is 0.479 e. The number of rotatable bonds is 6. The second kappa shape index (κ2) is 6.93. The molecule has 0 amide bonds. The van der Waals surface area contributed by atoms with E-state index >= 15 is 0 Å². The second-order valence-corrected chi connectivity index (χ2v) is 3.85. The summed E-state index contributed by atoms with van der Waals surface area (Å²) < 4.78 is 35.7. The number of halogens is 2. The molecule has 0 spiro atoms. The average Bonchev–Trinajstić information content (AvgIpc) is 2.37. The van der Waals surface area contributed by atoms with E-state index in [2.05, 4.69) is 4.74 Å². The quantitative estimate of drug-likeness (QED) is 0.735. The van der Waals surface area contributed by atoms with Crippen LogP contribution in [0.1, 0.15) is 26.2 Å². The minimum absolute atomic E-state index is 0.111. The van der Waals surface area contributed by atoms with Crippen molar-refractivity contribution >= 4 is 5.97 Å². The Bertz CT molecular complexity index is 407. The summed E-state index contributed by atoms with van der Waals surface area (Å²) in [5.74, 6) is -2.37. The number of hydrogen-bond donors (Lipinski definition) is 0. The third kappa shape index (κ3) is 3.98. The molecule has 100 valence electrons. The highest BCUT2D eigenvalue weighted by atomic mass is 19.2. The van der Waals surface area contributed by atoms with Gasteiger partial charge in [0, 0.05) is 6.07 Å². The number of benzene rings is 1. The molecular formula is C13H16F2O3. The van der Waals surface area contributed by atoms with Crippen LogP contribution in [0.2, 0.25) is 0 Å². The zero-order valence-electron chi connectivity index (χ0n) is 10.4. The first-order valence-corrected chi connectivity index (χ1v) is 5.78. The van der Waals surface area contributed by atoms with E-state index in [1.807, 2.05) is 6.92 Å². The van der Waals surface area contributed by atoms with Crippen molar-refractivity contribution in [2.75, 3.05) is 7.11 Å². The second-order valence-electron chi connectivity index (χ2n) is 3.85. The van der Waals surface area contributed by atoms with E-state index < -0.39 is 23.7 Å². The van der Waals surface area contributed by atoms with Gasteiger partial charge >= 0.3 is 5.97 Å². The molecule has 1 aromatic carbocycles. The van der Waals surface area contributed by atoms with E-state index in [0.29, 0.717) is 6.42 Å². The Kier molecular flexibility index (Phi) is 5.55. The predicted molar refractivity (Wildman–Crippen MR) is 62.3 cm³/mol. The Hall–Kier alpha value is -1.65. The summed E-state index contributed by atoms with van der Waals surface area (Å²) in [7, 11) is 1.26.